The maximum atomic E-state index is 11.4. The van der Waals surface area contributed by atoms with Crippen LogP contribution in [0.2, 0.25) is 0 Å². The molecule has 88 valence electrons. The van der Waals surface area contributed by atoms with Crippen LogP contribution in [0.4, 0.5) is 0 Å². The standard InChI is InChI=1S/C11H21NO3/c1-9(13)10(8-15-2)11(14)12-6-4-3-5-7-12/h10-11,14H,3-8H2,1-2H3. The minimum Gasteiger partial charge on any atom is -0.384 e. The van der Waals surface area contributed by atoms with Crippen LogP contribution in [0.25, 0.3) is 0 Å². The van der Waals surface area contributed by atoms with Crippen molar-refractivity contribution in [3.8, 4) is 0 Å². The second kappa shape index (κ2) is 6.20. The van der Waals surface area contributed by atoms with Crippen molar-refractivity contribution in [3.05, 3.63) is 0 Å². The summed E-state index contributed by atoms with van der Waals surface area (Å²) >= 11 is 0. The number of hydrogen-bond acceptors (Lipinski definition) is 4. The Morgan fingerprint density at radius 1 is 1.40 bits per heavy atom. The number of aliphatic hydroxyl groups is 1. The van der Waals surface area contributed by atoms with Gasteiger partial charge in [0.2, 0.25) is 0 Å². The highest BCUT2D eigenvalue weighted by Gasteiger charge is 2.29. The number of aliphatic hydroxyl groups excluding tert-OH is 1. The first kappa shape index (κ1) is 12.6. The molecule has 1 aliphatic rings. The molecular formula is C11H21NO3. The van der Waals surface area contributed by atoms with Gasteiger partial charge in [0.1, 0.15) is 12.0 Å². The summed E-state index contributed by atoms with van der Waals surface area (Å²) in [5.74, 6) is -0.414. The summed E-state index contributed by atoms with van der Waals surface area (Å²) < 4.78 is 4.97. The zero-order valence-corrected chi connectivity index (χ0v) is 9.61. The zero-order chi connectivity index (χ0) is 11.3. The largest absolute Gasteiger partial charge is 0.384 e. The van der Waals surface area contributed by atoms with Gasteiger partial charge in [0.15, 0.2) is 0 Å². The number of ketones is 1. The molecule has 0 saturated carbocycles. The quantitative estimate of drug-likeness (QED) is 0.731. The number of carbonyl (C=O) groups is 1. The Bertz CT molecular complexity index is 202. The van der Waals surface area contributed by atoms with Crippen LogP contribution >= 0.6 is 0 Å². The first-order chi connectivity index (χ1) is 7.16. The lowest BCUT2D eigenvalue weighted by molar-refractivity contribution is -0.135. The summed E-state index contributed by atoms with van der Waals surface area (Å²) in [6.07, 6.45) is 2.75. The number of piperidine rings is 1. The van der Waals surface area contributed by atoms with Gasteiger partial charge in [-0.2, -0.15) is 0 Å². The molecule has 1 fully saturated rings. The van der Waals surface area contributed by atoms with Crippen molar-refractivity contribution in [1.82, 2.24) is 4.90 Å². The van der Waals surface area contributed by atoms with Crippen molar-refractivity contribution < 1.29 is 14.6 Å². The minimum atomic E-state index is -0.678. The lowest BCUT2D eigenvalue weighted by atomic mass is 10.0. The lowest BCUT2D eigenvalue weighted by Crippen LogP contribution is -2.47. The first-order valence-electron chi connectivity index (χ1n) is 5.58. The van der Waals surface area contributed by atoms with Crippen LogP contribution in [0.15, 0.2) is 0 Å². The van der Waals surface area contributed by atoms with E-state index in [4.69, 9.17) is 4.74 Å². The fourth-order valence-electron chi connectivity index (χ4n) is 2.03. The number of methoxy groups -OCH3 is 1. The molecule has 1 heterocycles. The van der Waals surface area contributed by atoms with Crippen LogP contribution in [0.5, 0.6) is 0 Å². The van der Waals surface area contributed by atoms with Crippen LogP contribution in [0.3, 0.4) is 0 Å². The van der Waals surface area contributed by atoms with E-state index >= 15 is 0 Å². The number of nitrogens with zero attached hydrogens (tertiary/aromatic N) is 1. The Morgan fingerprint density at radius 3 is 2.47 bits per heavy atom. The Labute approximate surface area is 91.2 Å². The van der Waals surface area contributed by atoms with Gasteiger partial charge in [-0.05, 0) is 19.8 Å². The van der Waals surface area contributed by atoms with E-state index in [-0.39, 0.29) is 5.78 Å². The molecule has 1 aliphatic heterocycles. The molecule has 0 amide bonds. The molecule has 2 unspecified atom stereocenters. The fraction of sp³-hybridized carbons (Fsp3) is 0.909. The monoisotopic (exact) mass is 215 g/mol. The molecule has 2 atom stereocenters. The first-order valence-corrected chi connectivity index (χ1v) is 5.58. The average Bonchev–Trinajstić information content (AvgIpc) is 2.26. The zero-order valence-electron chi connectivity index (χ0n) is 9.61. The number of likely N-dealkylation sites (tertiary alicyclic amines) is 1. The van der Waals surface area contributed by atoms with Crippen molar-refractivity contribution in [2.24, 2.45) is 5.92 Å². The van der Waals surface area contributed by atoms with Crippen LogP contribution in [-0.4, -0.2) is 48.8 Å². The van der Waals surface area contributed by atoms with Gasteiger partial charge in [0, 0.05) is 20.2 Å². The van der Waals surface area contributed by atoms with Crippen molar-refractivity contribution >= 4 is 5.78 Å². The molecule has 0 bridgehead atoms. The van der Waals surface area contributed by atoms with E-state index in [9.17, 15) is 9.90 Å². The molecule has 0 aromatic rings. The van der Waals surface area contributed by atoms with Crippen LogP contribution in [-0.2, 0) is 9.53 Å². The van der Waals surface area contributed by atoms with E-state index in [2.05, 4.69) is 0 Å². The Balaban J connectivity index is 2.53. The smallest absolute Gasteiger partial charge is 0.139 e. The molecule has 15 heavy (non-hydrogen) atoms. The van der Waals surface area contributed by atoms with Gasteiger partial charge in [-0.1, -0.05) is 6.42 Å². The van der Waals surface area contributed by atoms with E-state index in [1.165, 1.54) is 13.3 Å². The average molecular weight is 215 g/mol. The summed E-state index contributed by atoms with van der Waals surface area (Å²) in [4.78, 5) is 13.3. The summed E-state index contributed by atoms with van der Waals surface area (Å²) in [6, 6.07) is 0. The predicted octanol–water partition coefficient (Wildman–Crippen LogP) is 0.642. The third kappa shape index (κ3) is 3.55. The lowest BCUT2D eigenvalue weighted by Gasteiger charge is -2.34. The SMILES string of the molecule is COCC(C(C)=O)C(O)N1CCCCC1. The van der Waals surface area contributed by atoms with Gasteiger partial charge in [-0.15, -0.1) is 0 Å². The Hall–Kier alpha value is -0.450. The topological polar surface area (TPSA) is 49.8 Å². The van der Waals surface area contributed by atoms with Gasteiger partial charge < -0.3 is 9.84 Å². The number of ether oxygens (including phenoxy) is 1. The van der Waals surface area contributed by atoms with Gasteiger partial charge in [0.05, 0.1) is 12.5 Å². The van der Waals surface area contributed by atoms with Crippen LogP contribution in [0.1, 0.15) is 26.2 Å². The fourth-order valence-corrected chi connectivity index (χ4v) is 2.03. The van der Waals surface area contributed by atoms with Crippen molar-refractivity contribution in [3.63, 3.8) is 0 Å². The molecule has 0 aliphatic carbocycles. The Kier molecular flexibility index (Phi) is 5.22. The normalized spacial score (nSPS) is 22.3. The van der Waals surface area contributed by atoms with Crippen molar-refractivity contribution in [2.45, 2.75) is 32.4 Å². The second-order valence-corrected chi connectivity index (χ2v) is 4.18. The highest BCUT2D eigenvalue weighted by Crippen LogP contribution is 2.17. The third-order valence-corrected chi connectivity index (χ3v) is 2.99. The van der Waals surface area contributed by atoms with Gasteiger partial charge in [-0.3, -0.25) is 9.69 Å². The van der Waals surface area contributed by atoms with Crippen LogP contribution < -0.4 is 0 Å². The molecule has 0 radical (unpaired) electrons. The van der Waals surface area contributed by atoms with E-state index in [0.717, 1.165) is 25.9 Å². The van der Waals surface area contributed by atoms with E-state index in [1.807, 2.05) is 4.90 Å². The highest BCUT2D eigenvalue weighted by atomic mass is 16.5. The number of carbonyl (C=O) groups excluding carboxylic acids is 1. The third-order valence-electron chi connectivity index (χ3n) is 2.99. The molecule has 4 nitrogen and oxygen atoms in total. The van der Waals surface area contributed by atoms with Crippen molar-refractivity contribution in [2.75, 3.05) is 26.8 Å². The molecule has 0 aromatic carbocycles. The number of hydrogen-bond donors (Lipinski definition) is 1. The van der Waals surface area contributed by atoms with Crippen LogP contribution in [0, 0.1) is 5.92 Å². The summed E-state index contributed by atoms with van der Waals surface area (Å²) in [5, 5.41) is 10.1. The van der Waals surface area contributed by atoms with E-state index in [0.29, 0.717) is 6.61 Å². The summed E-state index contributed by atoms with van der Waals surface area (Å²) in [6.45, 7) is 3.58. The minimum absolute atomic E-state index is 0.00470. The molecular weight excluding hydrogens is 194 g/mol. The van der Waals surface area contributed by atoms with Crippen molar-refractivity contribution in [1.29, 1.82) is 0 Å². The molecule has 0 spiro atoms. The van der Waals surface area contributed by atoms with E-state index < -0.39 is 12.1 Å². The van der Waals surface area contributed by atoms with E-state index in [1.54, 1.807) is 7.11 Å². The van der Waals surface area contributed by atoms with Gasteiger partial charge in [0.25, 0.3) is 0 Å². The number of Topliss-reactive ketones (excluding diaryl/α,β-unsaturated/α-hetero) is 1. The summed E-state index contributed by atoms with van der Waals surface area (Å²) in [7, 11) is 1.55. The maximum absolute atomic E-state index is 11.4. The molecule has 4 heteroatoms. The van der Waals surface area contributed by atoms with Gasteiger partial charge >= 0.3 is 0 Å². The van der Waals surface area contributed by atoms with Gasteiger partial charge in [-0.25, -0.2) is 0 Å². The molecule has 1 rings (SSSR count). The summed E-state index contributed by atoms with van der Waals surface area (Å²) in [5.41, 5.74) is 0. The second-order valence-electron chi connectivity index (χ2n) is 4.18. The highest BCUT2D eigenvalue weighted by molar-refractivity contribution is 5.78. The molecule has 1 N–H and O–H groups in total. The number of rotatable bonds is 5. The maximum Gasteiger partial charge on any atom is 0.139 e. The predicted molar refractivity (Wildman–Crippen MR) is 57.5 cm³/mol. The Morgan fingerprint density at radius 2 is 2.00 bits per heavy atom. The molecule has 1 saturated heterocycles. The molecule has 0 aromatic heterocycles.